The molecule has 1 aliphatic rings. The fourth-order valence-electron chi connectivity index (χ4n) is 3.59. The molecule has 1 aliphatic heterocycles. The van der Waals surface area contributed by atoms with Crippen LogP contribution in [0.4, 0.5) is 0 Å². The van der Waals surface area contributed by atoms with Gasteiger partial charge < -0.3 is 25.4 Å². The fraction of sp³-hybridized carbons (Fsp3) is 0.684. The van der Waals surface area contributed by atoms with Crippen LogP contribution in [0.15, 0.2) is 24.3 Å². The molecule has 25 heavy (non-hydrogen) atoms. The molecule has 2 rings (SSSR count). The Hall–Kier alpha value is -1.08. The molecule has 1 unspecified atom stereocenters. The lowest BCUT2D eigenvalue weighted by atomic mass is 9.83. The van der Waals surface area contributed by atoms with Gasteiger partial charge in [-0.25, -0.2) is 0 Å². The van der Waals surface area contributed by atoms with E-state index in [1.54, 1.807) is 7.11 Å². The average molecular weight is 348 g/mol. The Morgan fingerprint density at radius 1 is 1.16 bits per heavy atom. The Morgan fingerprint density at radius 3 is 2.44 bits per heavy atom. The van der Waals surface area contributed by atoms with Gasteiger partial charge in [-0.3, -0.25) is 0 Å². The van der Waals surface area contributed by atoms with E-state index in [0.717, 1.165) is 51.1 Å². The average Bonchev–Trinajstić information content (AvgIpc) is 2.64. The quantitative estimate of drug-likeness (QED) is 0.446. The molecular formula is C19H33BN2O3. The summed E-state index contributed by atoms with van der Waals surface area (Å²) in [5.41, 5.74) is 7.61. The second kappa shape index (κ2) is 10.8. The number of methoxy groups -OCH3 is 1. The van der Waals surface area contributed by atoms with E-state index in [1.807, 2.05) is 0 Å². The van der Waals surface area contributed by atoms with Crippen LogP contribution in [-0.4, -0.2) is 54.9 Å². The molecule has 1 saturated heterocycles. The van der Waals surface area contributed by atoms with Gasteiger partial charge in [0.25, 0.3) is 0 Å². The predicted octanol–water partition coefficient (Wildman–Crippen LogP) is 2.24. The van der Waals surface area contributed by atoms with Gasteiger partial charge >= 0.3 is 7.12 Å². The number of benzene rings is 1. The van der Waals surface area contributed by atoms with Gasteiger partial charge in [-0.15, -0.1) is 0 Å². The van der Waals surface area contributed by atoms with E-state index >= 15 is 0 Å². The first-order valence-electron chi connectivity index (χ1n) is 9.56. The van der Waals surface area contributed by atoms with Crippen molar-refractivity contribution in [3.05, 3.63) is 29.8 Å². The third kappa shape index (κ3) is 7.36. The van der Waals surface area contributed by atoms with Gasteiger partial charge in [0, 0.05) is 6.04 Å². The molecule has 1 aromatic rings. The van der Waals surface area contributed by atoms with E-state index in [0.29, 0.717) is 12.2 Å². The third-order valence-electron chi connectivity index (χ3n) is 5.28. The fourth-order valence-corrected chi connectivity index (χ4v) is 3.59. The lowest BCUT2D eigenvalue weighted by Gasteiger charge is -2.32. The Morgan fingerprint density at radius 2 is 1.84 bits per heavy atom. The summed E-state index contributed by atoms with van der Waals surface area (Å²) in [4.78, 5) is 2.53. The maximum Gasteiger partial charge on any atom is 0.451 e. The summed E-state index contributed by atoms with van der Waals surface area (Å²) in [5.74, 6) is 1.57. The summed E-state index contributed by atoms with van der Waals surface area (Å²) in [6, 6.07) is 8.71. The molecule has 0 bridgehead atoms. The summed E-state index contributed by atoms with van der Waals surface area (Å²) in [6.45, 7) is 3.35. The van der Waals surface area contributed by atoms with Crippen LogP contribution in [0.5, 0.6) is 5.75 Å². The first-order valence-corrected chi connectivity index (χ1v) is 9.56. The zero-order chi connectivity index (χ0) is 18.1. The maximum absolute atomic E-state index is 8.83. The second-order valence-corrected chi connectivity index (χ2v) is 7.20. The van der Waals surface area contributed by atoms with E-state index in [1.165, 1.54) is 18.4 Å². The first-order chi connectivity index (χ1) is 12.1. The van der Waals surface area contributed by atoms with E-state index in [2.05, 4.69) is 29.2 Å². The van der Waals surface area contributed by atoms with Gasteiger partial charge in [0.05, 0.1) is 7.11 Å². The number of hydrogen-bond donors (Lipinski definition) is 3. The van der Waals surface area contributed by atoms with Crippen LogP contribution in [0, 0.1) is 0 Å². The Labute approximate surface area is 152 Å². The summed E-state index contributed by atoms with van der Waals surface area (Å²) >= 11 is 0. The van der Waals surface area contributed by atoms with Crippen molar-refractivity contribution < 1.29 is 14.8 Å². The maximum atomic E-state index is 8.83. The highest BCUT2D eigenvalue weighted by Crippen LogP contribution is 2.29. The Balaban J connectivity index is 1.61. The molecule has 1 fully saturated rings. The van der Waals surface area contributed by atoms with Crippen molar-refractivity contribution in [2.24, 2.45) is 5.73 Å². The lowest BCUT2D eigenvalue weighted by Crippen LogP contribution is -2.36. The molecule has 0 radical (unpaired) electrons. The number of unbranched alkanes of at least 4 members (excludes halogenated alkanes) is 1. The van der Waals surface area contributed by atoms with E-state index in [4.69, 9.17) is 20.5 Å². The number of nitrogens with two attached hydrogens (primary N) is 1. The SMILES string of the molecule is COc1ccc(C2CCN(CCC(N)CCCCB(O)O)CC2)cc1. The zero-order valence-corrected chi connectivity index (χ0v) is 15.4. The molecule has 1 atom stereocenters. The minimum Gasteiger partial charge on any atom is -0.497 e. The minimum atomic E-state index is -1.18. The smallest absolute Gasteiger partial charge is 0.451 e. The standard InChI is InChI=1S/C19H33BN2O3/c1-25-19-7-5-16(6-8-19)17-9-13-22(14-10-17)15-11-18(21)4-2-3-12-20(23)24/h5-8,17-18,23-24H,2-4,9-15,21H2,1H3. The number of hydrogen-bond acceptors (Lipinski definition) is 5. The van der Waals surface area contributed by atoms with E-state index in [-0.39, 0.29) is 6.04 Å². The summed E-state index contributed by atoms with van der Waals surface area (Å²) in [6.07, 6.45) is 6.65. The second-order valence-electron chi connectivity index (χ2n) is 7.20. The molecule has 0 amide bonds. The van der Waals surface area contributed by atoms with Crippen LogP contribution >= 0.6 is 0 Å². The first kappa shape index (κ1) is 20.2. The molecule has 0 aromatic heterocycles. The monoisotopic (exact) mass is 348 g/mol. The molecule has 6 heteroatoms. The van der Waals surface area contributed by atoms with Crippen molar-refractivity contribution >= 4 is 7.12 Å². The van der Waals surface area contributed by atoms with Gasteiger partial charge in [-0.2, -0.15) is 0 Å². The van der Waals surface area contributed by atoms with Crippen molar-refractivity contribution in [1.82, 2.24) is 4.90 Å². The highest BCUT2D eigenvalue weighted by Gasteiger charge is 2.20. The molecule has 0 aliphatic carbocycles. The van der Waals surface area contributed by atoms with Crippen molar-refractivity contribution in [3.63, 3.8) is 0 Å². The van der Waals surface area contributed by atoms with Crippen LogP contribution in [0.2, 0.25) is 6.32 Å². The number of likely N-dealkylation sites (tertiary alicyclic amines) is 1. The van der Waals surface area contributed by atoms with Gasteiger partial charge in [-0.1, -0.05) is 25.0 Å². The van der Waals surface area contributed by atoms with Crippen molar-refractivity contribution in [3.8, 4) is 5.75 Å². The topological polar surface area (TPSA) is 79.0 Å². The van der Waals surface area contributed by atoms with Crippen LogP contribution in [0.3, 0.4) is 0 Å². The van der Waals surface area contributed by atoms with Gasteiger partial charge in [0.1, 0.15) is 5.75 Å². The highest BCUT2D eigenvalue weighted by atomic mass is 16.5. The number of nitrogens with zero attached hydrogens (tertiary/aromatic N) is 1. The summed E-state index contributed by atoms with van der Waals surface area (Å²) in [5, 5.41) is 17.7. The zero-order valence-electron chi connectivity index (χ0n) is 15.4. The lowest BCUT2D eigenvalue weighted by molar-refractivity contribution is 0.204. The summed E-state index contributed by atoms with van der Waals surface area (Å²) < 4.78 is 5.23. The highest BCUT2D eigenvalue weighted by molar-refractivity contribution is 6.40. The van der Waals surface area contributed by atoms with Gasteiger partial charge in [0.15, 0.2) is 0 Å². The van der Waals surface area contributed by atoms with Crippen molar-refractivity contribution in [2.45, 2.75) is 56.8 Å². The van der Waals surface area contributed by atoms with Crippen LogP contribution in [0.1, 0.15) is 50.0 Å². The molecule has 1 heterocycles. The molecule has 140 valence electrons. The van der Waals surface area contributed by atoms with E-state index in [9.17, 15) is 0 Å². The van der Waals surface area contributed by atoms with Crippen molar-refractivity contribution in [2.75, 3.05) is 26.7 Å². The molecule has 4 N–H and O–H groups in total. The van der Waals surface area contributed by atoms with Crippen LogP contribution in [0.25, 0.3) is 0 Å². The molecular weight excluding hydrogens is 315 g/mol. The molecule has 5 nitrogen and oxygen atoms in total. The number of piperidine rings is 1. The van der Waals surface area contributed by atoms with Gasteiger partial charge in [-0.05, 0) is 75.3 Å². The number of ether oxygens (including phenoxy) is 1. The largest absolute Gasteiger partial charge is 0.497 e. The van der Waals surface area contributed by atoms with Crippen LogP contribution in [-0.2, 0) is 0 Å². The Kier molecular flexibility index (Phi) is 8.75. The van der Waals surface area contributed by atoms with Crippen molar-refractivity contribution in [1.29, 1.82) is 0 Å². The normalized spacial score (nSPS) is 17.4. The van der Waals surface area contributed by atoms with Crippen LogP contribution < -0.4 is 10.5 Å². The molecule has 1 aromatic carbocycles. The summed E-state index contributed by atoms with van der Waals surface area (Å²) in [7, 11) is 0.525. The number of rotatable bonds is 10. The van der Waals surface area contributed by atoms with Gasteiger partial charge in [0.2, 0.25) is 0 Å². The predicted molar refractivity (Wildman–Crippen MR) is 103 cm³/mol. The molecule has 0 saturated carbocycles. The minimum absolute atomic E-state index is 0.218. The third-order valence-corrected chi connectivity index (χ3v) is 5.28. The Bertz CT molecular complexity index is 476. The van der Waals surface area contributed by atoms with E-state index < -0.39 is 7.12 Å². The molecule has 0 spiro atoms.